The summed E-state index contributed by atoms with van der Waals surface area (Å²) >= 11 is 7.29. The molecular formula is C18H17ClN2O2S2. The number of thiazole rings is 1. The molecule has 0 spiro atoms. The van der Waals surface area contributed by atoms with E-state index in [0.29, 0.717) is 22.1 Å². The fourth-order valence-corrected chi connectivity index (χ4v) is 4.98. The Morgan fingerprint density at radius 3 is 2.68 bits per heavy atom. The molecule has 1 aromatic heterocycles. The normalized spacial score (nSPS) is 11.5. The highest BCUT2D eigenvalue weighted by molar-refractivity contribution is 7.93. The molecule has 25 heavy (non-hydrogen) atoms. The zero-order valence-corrected chi connectivity index (χ0v) is 16.2. The molecule has 0 saturated heterocycles. The number of sulfonamides is 1. The van der Waals surface area contributed by atoms with Crippen LogP contribution in [0.5, 0.6) is 0 Å². The number of anilines is 1. The molecule has 0 aliphatic carbocycles. The summed E-state index contributed by atoms with van der Waals surface area (Å²) < 4.78 is 27.7. The first kappa shape index (κ1) is 17.9. The van der Waals surface area contributed by atoms with E-state index in [4.69, 9.17) is 11.6 Å². The minimum atomic E-state index is -3.72. The van der Waals surface area contributed by atoms with Crippen LogP contribution < -0.4 is 4.72 Å². The van der Waals surface area contributed by atoms with Crippen molar-refractivity contribution >= 4 is 38.1 Å². The number of aromatic nitrogens is 1. The van der Waals surface area contributed by atoms with Gasteiger partial charge in [-0.3, -0.25) is 4.72 Å². The molecule has 1 N–H and O–H groups in total. The molecule has 0 fully saturated rings. The fourth-order valence-electron chi connectivity index (χ4n) is 2.52. The van der Waals surface area contributed by atoms with Gasteiger partial charge >= 0.3 is 0 Å². The lowest BCUT2D eigenvalue weighted by molar-refractivity contribution is 0.600. The van der Waals surface area contributed by atoms with Crippen molar-refractivity contribution in [1.29, 1.82) is 0 Å². The highest BCUT2D eigenvalue weighted by Gasteiger charge is 2.19. The van der Waals surface area contributed by atoms with Crippen molar-refractivity contribution in [2.45, 2.75) is 25.2 Å². The Hall–Kier alpha value is -1.89. The van der Waals surface area contributed by atoms with Crippen molar-refractivity contribution in [2.24, 2.45) is 0 Å². The third-order valence-corrected chi connectivity index (χ3v) is 6.58. The summed E-state index contributed by atoms with van der Waals surface area (Å²) in [4.78, 5) is 4.56. The SMILES string of the molecule is Cc1cccc(Cc2csc(NS(=O)(=O)c3cccc(Cl)c3C)n2)c1. The molecule has 7 heteroatoms. The van der Waals surface area contributed by atoms with E-state index in [1.807, 2.05) is 30.5 Å². The molecule has 0 aliphatic rings. The zero-order chi connectivity index (χ0) is 18.0. The first-order chi connectivity index (χ1) is 11.8. The fraction of sp³-hybridized carbons (Fsp3) is 0.167. The van der Waals surface area contributed by atoms with E-state index in [1.165, 1.54) is 23.0 Å². The van der Waals surface area contributed by atoms with Crippen LogP contribution in [-0.2, 0) is 16.4 Å². The van der Waals surface area contributed by atoms with Gasteiger partial charge in [-0.1, -0.05) is 47.5 Å². The Kier molecular flexibility index (Phi) is 5.13. The van der Waals surface area contributed by atoms with Crippen LogP contribution in [0, 0.1) is 13.8 Å². The average Bonchev–Trinajstić information content (AvgIpc) is 2.96. The van der Waals surface area contributed by atoms with E-state index in [-0.39, 0.29) is 4.90 Å². The van der Waals surface area contributed by atoms with Crippen LogP contribution in [0.15, 0.2) is 52.7 Å². The van der Waals surface area contributed by atoms with Crippen LogP contribution in [0.1, 0.15) is 22.4 Å². The van der Waals surface area contributed by atoms with Gasteiger partial charge in [0.05, 0.1) is 10.6 Å². The molecule has 0 unspecified atom stereocenters. The molecule has 0 atom stereocenters. The Labute approximate surface area is 156 Å². The van der Waals surface area contributed by atoms with E-state index in [0.717, 1.165) is 11.3 Å². The largest absolute Gasteiger partial charge is 0.263 e. The number of benzene rings is 2. The second-order valence-corrected chi connectivity index (χ2v) is 8.69. The number of hydrogen-bond acceptors (Lipinski definition) is 4. The Bertz CT molecular complexity index is 1010. The maximum atomic E-state index is 12.6. The third-order valence-electron chi connectivity index (χ3n) is 3.75. The smallest absolute Gasteiger partial charge is 0.255 e. The van der Waals surface area contributed by atoms with Crippen molar-refractivity contribution in [1.82, 2.24) is 4.98 Å². The van der Waals surface area contributed by atoms with Gasteiger partial charge < -0.3 is 0 Å². The maximum absolute atomic E-state index is 12.6. The predicted octanol–water partition coefficient (Wildman–Crippen LogP) is 4.80. The summed E-state index contributed by atoms with van der Waals surface area (Å²) in [5.74, 6) is 0. The van der Waals surface area contributed by atoms with E-state index < -0.39 is 10.0 Å². The molecule has 3 aromatic rings. The molecule has 1 heterocycles. The van der Waals surface area contributed by atoms with Gasteiger partial charge in [-0.15, -0.1) is 11.3 Å². The summed E-state index contributed by atoms with van der Waals surface area (Å²) in [7, 11) is -3.72. The van der Waals surface area contributed by atoms with Crippen LogP contribution in [0.4, 0.5) is 5.13 Å². The number of rotatable bonds is 5. The lowest BCUT2D eigenvalue weighted by Crippen LogP contribution is -2.14. The van der Waals surface area contributed by atoms with Crippen molar-refractivity contribution in [3.8, 4) is 0 Å². The summed E-state index contributed by atoms with van der Waals surface area (Å²) in [6, 6.07) is 13.0. The second-order valence-electron chi connectivity index (χ2n) is 5.78. The van der Waals surface area contributed by atoms with Gasteiger partial charge in [-0.25, -0.2) is 13.4 Å². The number of aryl methyl sites for hydroxylation is 1. The Morgan fingerprint density at radius 1 is 1.16 bits per heavy atom. The summed E-state index contributed by atoms with van der Waals surface area (Å²) in [5, 5.41) is 2.63. The monoisotopic (exact) mass is 392 g/mol. The lowest BCUT2D eigenvalue weighted by atomic mass is 10.1. The molecule has 4 nitrogen and oxygen atoms in total. The molecule has 0 aliphatic heterocycles. The number of nitrogens with zero attached hydrogens (tertiary/aromatic N) is 1. The van der Waals surface area contributed by atoms with Crippen LogP contribution in [0.2, 0.25) is 5.02 Å². The van der Waals surface area contributed by atoms with Gasteiger partial charge in [0.15, 0.2) is 5.13 Å². The van der Waals surface area contributed by atoms with Gasteiger partial charge in [-0.2, -0.15) is 0 Å². The van der Waals surface area contributed by atoms with E-state index in [2.05, 4.69) is 15.8 Å². The molecule has 0 bridgehead atoms. The van der Waals surface area contributed by atoms with Crippen LogP contribution in [-0.4, -0.2) is 13.4 Å². The topological polar surface area (TPSA) is 59.1 Å². The molecule has 0 saturated carbocycles. The Balaban J connectivity index is 1.80. The standard InChI is InChI=1S/C18H17ClN2O2S2/c1-12-5-3-6-14(9-12)10-15-11-24-18(20-15)21-25(22,23)17-8-4-7-16(19)13(17)2/h3-9,11H,10H2,1-2H3,(H,20,21). The molecule has 0 radical (unpaired) electrons. The van der Waals surface area contributed by atoms with E-state index in [1.54, 1.807) is 19.1 Å². The van der Waals surface area contributed by atoms with Crippen LogP contribution >= 0.6 is 22.9 Å². The summed E-state index contributed by atoms with van der Waals surface area (Å²) in [6.45, 7) is 3.72. The van der Waals surface area contributed by atoms with Gasteiger partial charge in [0.2, 0.25) is 0 Å². The third kappa shape index (κ3) is 4.21. The predicted molar refractivity (Wildman–Crippen MR) is 103 cm³/mol. The summed E-state index contributed by atoms with van der Waals surface area (Å²) in [6.07, 6.45) is 0.663. The van der Waals surface area contributed by atoms with E-state index >= 15 is 0 Å². The van der Waals surface area contributed by atoms with Crippen molar-refractivity contribution < 1.29 is 8.42 Å². The van der Waals surface area contributed by atoms with Crippen molar-refractivity contribution in [3.63, 3.8) is 0 Å². The van der Waals surface area contributed by atoms with Crippen molar-refractivity contribution in [2.75, 3.05) is 4.72 Å². The van der Waals surface area contributed by atoms with Crippen LogP contribution in [0.25, 0.3) is 0 Å². The highest BCUT2D eigenvalue weighted by Crippen LogP contribution is 2.26. The molecular weight excluding hydrogens is 376 g/mol. The number of halogens is 1. The molecule has 130 valence electrons. The second kappa shape index (κ2) is 7.15. The van der Waals surface area contributed by atoms with Crippen LogP contribution in [0.3, 0.4) is 0 Å². The quantitative estimate of drug-likeness (QED) is 0.678. The molecule has 0 amide bonds. The summed E-state index contributed by atoms with van der Waals surface area (Å²) in [5.41, 5.74) is 3.68. The number of nitrogens with one attached hydrogen (secondary N) is 1. The first-order valence-corrected chi connectivity index (χ1v) is 10.4. The first-order valence-electron chi connectivity index (χ1n) is 7.63. The highest BCUT2D eigenvalue weighted by atomic mass is 35.5. The minimum Gasteiger partial charge on any atom is -0.255 e. The van der Waals surface area contributed by atoms with Gasteiger partial charge in [-0.05, 0) is 37.1 Å². The van der Waals surface area contributed by atoms with Gasteiger partial charge in [0.1, 0.15) is 0 Å². The maximum Gasteiger partial charge on any atom is 0.263 e. The minimum absolute atomic E-state index is 0.162. The molecule has 3 rings (SSSR count). The number of hydrogen-bond donors (Lipinski definition) is 1. The van der Waals surface area contributed by atoms with E-state index in [9.17, 15) is 8.42 Å². The average molecular weight is 393 g/mol. The molecule has 2 aromatic carbocycles. The zero-order valence-electron chi connectivity index (χ0n) is 13.8. The van der Waals surface area contributed by atoms with Gasteiger partial charge in [0.25, 0.3) is 10.0 Å². The lowest BCUT2D eigenvalue weighted by Gasteiger charge is -2.09. The van der Waals surface area contributed by atoms with Gasteiger partial charge in [0, 0.05) is 16.8 Å². The Morgan fingerprint density at radius 2 is 1.92 bits per heavy atom. The van der Waals surface area contributed by atoms with Crippen molar-refractivity contribution in [3.05, 3.63) is 75.3 Å².